The highest BCUT2D eigenvalue weighted by Crippen LogP contribution is 2.30. The van der Waals surface area contributed by atoms with Crippen LogP contribution in [0.5, 0.6) is 0 Å². The summed E-state index contributed by atoms with van der Waals surface area (Å²) in [6, 6.07) is 9.21. The molecule has 0 amide bonds. The lowest BCUT2D eigenvalue weighted by molar-refractivity contribution is 0.116. The highest BCUT2D eigenvalue weighted by molar-refractivity contribution is 5.30. The summed E-state index contributed by atoms with van der Waals surface area (Å²) in [4.78, 5) is 2.58. The minimum absolute atomic E-state index is 0.177. The van der Waals surface area contributed by atoms with Gasteiger partial charge in [0.1, 0.15) is 0 Å². The first-order valence-electron chi connectivity index (χ1n) is 7.14. The number of nitrogens with zero attached hydrogens (tertiary/aromatic N) is 1. The van der Waals surface area contributed by atoms with E-state index in [2.05, 4.69) is 49.9 Å². The third kappa shape index (κ3) is 2.93. The Kier molecular flexibility index (Phi) is 4.41. The van der Waals surface area contributed by atoms with E-state index in [-0.39, 0.29) is 6.04 Å². The van der Waals surface area contributed by atoms with E-state index in [1.807, 2.05) is 0 Å². The van der Waals surface area contributed by atoms with Crippen molar-refractivity contribution in [1.29, 1.82) is 0 Å². The largest absolute Gasteiger partial charge is 0.326 e. The predicted molar refractivity (Wildman–Crippen MR) is 77.5 cm³/mol. The fraction of sp³-hybridized carbons (Fsp3) is 0.625. The number of piperidine rings is 1. The van der Waals surface area contributed by atoms with Crippen molar-refractivity contribution in [2.45, 2.75) is 45.7 Å². The molecular formula is C16H26N2. The van der Waals surface area contributed by atoms with Gasteiger partial charge in [-0.05, 0) is 50.3 Å². The molecule has 1 fully saturated rings. The Bertz CT molecular complexity index is 386. The van der Waals surface area contributed by atoms with Gasteiger partial charge in [-0.3, -0.25) is 4.90 Å². The number of benzene rings is 1. The Balaban J connectivity index is 2.26. The van der Waals surface area contributed by atoms with E-state index >= 15 is 0 Å². The van der Waals surface area contributed by atoms with Crippen LogP contribution in [-0.2, 0) is 0 Å². The van der Waals surface area contributed by atoms with Gasteiger partial charge in [-0.25, -0.2) is 0 Å². The third-order valence-corrected chi connectivity index (χ3v) is 4.09. The first kappa shape index (κ1) is 13.6. The number of rotatable bonds is 3. The Labute approximate surface area is 111 Å². The van der Waals surface area contributed by atoms with Crippen molar-refractivity contribution < 1.29 is 0 Å². The average Bonchev–Trinajstić information content (AvgIpc) is 2.32. The van der Waals surface area contributed by atoms with Gasteiger partial charge in [0.05, 0.1) is 0 Å². The average molecular weight is 246 g/mol. The van der Waals surface area contributed by atoms with Gasteiger partial charge in [-0.2, -0.15) is 0 Å². The van der Waals surface area contributed by atoms with Gasteiger partial charge in [0.2, 0.25) is 0 Å². The smallest absolute Gasteiger partial charge is 0.0499 e. The van der Waals surface area contributed by atoms with Gasteiger partial charge in [0.15, 0.2) is 0 Å². The van der Waals surface area contributed by atoms with E-state index in [1.54, 1.807) is 0 Å². The number of hydrogen-bond donors (Lipinski definition) is 1. The van der Waals surface area contributed by atoms with Crippen LogP contribution in [0.2, 0.25) is 0 Å². The van der Waals surface area contributed by atoms with Crippen molar-refractivity contribution in [2.24, 2.45) is 11.7 Å². The molecule has 0 radical (unpaired) electrons. The maximum atomic E-state index is 6.27. The number of likely N-dealkylation sites (tertiary alicyclic amines) is 1. The Hall–Kier alpha value is -0.860. The summed E-state index contributed by atoms with van der Waals surface area (Å²) in [6.07, 6.45) is 2.66. The van der Waals surface area contributed by atoms with Gasteiger partial charge in [0, 0.05) is 18.6 Å². The summed E-state index contributed by atoms with van der Waals surface area (Å²) in [5.74, 6) is 0.795. The molecule has 1 aromatic rings. The topological polar surface area (TPSA) is 29.3 Å². The fourth-order valence-corrected chi connectivity index (χ4v) is 3.21. The fourth-order valence-electron chi connectivity index (χ4n) is 3.21. The summed E-state index contributed by atoms with van der Waals surface area (Å²) < 4.78 is 0. The molecule has 18 heavy (non-hydrogen) atoms. The molecule has 1 aromatic carbocycles. The van der Waals surface area contributed by atoms with Crippen molar-refractivity contribution in [3.05, 3.63) is 35.4 Å². The maximum Gasteiger partial charge on any atom is 0.0499 e. The zero-order valence-electron chi connectivity index (χ0n) is 11.9. The highest BCUT2D eigenvalue weighted by Gasteiger charge is 2.28. The molecule has 1 saturated heterocycles. The molecule has 2 heteroatoms. The van der Waals surface area contributed by atoms with E-state index in [4.69, 9.17) is 5.73 Å². The summed E-state index contributed by atoms with van der Waals surface area (Å²) >= 11 is 0. The first-order valence-corrected chi connectivity index (χ1v) is 7.14. The molecule has 1 aliphatic rings. The Morgan fingerprint density at radius 1 is 1.33 bits per heavy atom. The third-order valence-electron chi connectivity index (χ3n) is 4.09. The Morgan fingerprint density at radius 3 is 2.67 bits per heavy atom. The van der Waals surface area contributed by atoms with Crippen LogP contribution in [-0.4, -0.2) is 24.0 Å². The predicted octanol–water partition coefficient (Wildman–Crippen LogP) is 3.12. The van der Waals surface area contributed by atoms with Gasteiger partial charge in [-0.15, -0.1) is 0 Å². The molecule has 3 unspecified atom stereocenters. The normalized spacial score (nSPS) is 24.8. The van der Waals surface area contributed by atoms with Crippen LogP contribution >= 0.6 is 0 Å². The molecule has 0 saturated carbocycles. The highest BCUT2D eigenvalue weighted by atomic mass is 15.2. The van der Waals surface area contributed by atoms with Crippen molar-refractivity contribution in [3.8, 4) is 0 Å². The van der Waals surface area contributed by atoms with Crippen LogP contribution in [0.4, 0.5) is 0 Å². The number of nitrogens with two attached hydrogens (primary N) is 1. The van der Waals surface area contributed by atoms with E-state index in [0.29, 0.717) is 6.04 Å². The zero-order chi connectivity index (χ0) is 13.1. The minimum atomic E-state index is 0.177. The lowest BCUT2D eigenvalue weighted by atomic mass is 9.91. The second kappa shape index (κ2) is 5.85. The van der Waals surface area contributed by atoms with Gasteiger partial charge < -0.3 is 5.73 Å². The standard InChI is InChI=1S/C16H26N2/c1-12-7-6-10-18(11-12)16(14(3)17)15-9-5-4-8-13(15)2/h4-5,8-9,12,14,16H,6-7,10-11,17H2,1-3H3. The molecule has 1 heterocycles. The molecule has 2 N–H and O–H groups in total. The van der Waals surface area contributed by atoms with Crippen molar-refractivity contribution in [1.82, 2.24) is 4.90 Å². The first-order chi connectivity index (χ1) is 8.59. The molecule has 2 nitrogen and oxygen atoms in total. The van der Waals surface area contributed by atoms with Gasteiger partial charge in [0.25, 0.3) is 0 Å². The second-order valence-corrected chi connectivity index (χ2v) is 5.90. The number of hydrogen-bond acceptors (Lipinski definition) is 2. The van der Waals surface area contributed by atoms with Crippen LogP contribution in [0.3, 0.4) is 0 Å². The molecule has 3 atom stereocenters. The lowest BCUT2D eigenvalue weighted by Crippen LogP contribution is -2.44. The van der Waals surface area contributed by atoms with E-state index in [1.165, 1.54) is 37.1 Å². The van der Waals surface area contributed by atoms with Crippen LogP contribution in [0.1, 0.15) is 43.9 Å². The molecule has 0 spiro atoms. The molecular weight excluding hydrogens is 220 g/mol. The summed E-state index contributed by atoms with van der Waals surface area (Å²) in [5.41, 5.74) is 9.04. The van der Waals surface area contributed by atoms with Crippen LogP contribution in [0.25, 0.3) is 0 Å². The summed E-state index contributed by atoms with van der Waals surface area (Å²) in [7, 11) is 0. The lowest BCUT2D eigenvalue weighted by Gasteiger charge is -2.40. The molecule has 0 aliphatic carbocycles. The van der Waals surface area contributed by atoms with Crippen LogP contribution < -0.4 is 5.73 Å². The van der Waals surface area contributed by atoms with E-state index in [0.717, 1.165) is 5.92 Å². The van der Waals surface area contributed by atoms with Crippen LogP contribution in [0, 0.1) is 12.8 Å². The Morgan fingerprint density at radius 2 is 2.06 bits per heavy atom. The van der Waals surface area contributed by atoms with E-state index < -0.39 is 0 Å². The quantitative estimate of drug-likeness (QED) is 0.888. The zero-order valence-corrected chi connectivity index (χ0v) is 11.9. The minimum Gasteiger partial charge on any atom is -0.326 e. The SMILES string of the molecule is Cc1ccccc1C(C(C)N)N1CCCC(C)C1. The molecule has 0 bridgehead atoms. The van der Waals surface area contributed by atoms with E-state index in [9.17, 15) is 0 Å². The molecule has 1 aliphatic heterocycles. The second-order valence-electron chi connectivity index (χ2n) is 5.90. The monoisotopic (exact) mass is 246 g/mol. The number of aryl methyl sites for hydroxylation is 1. The summed E-state index contributed by atoms with van der Waals surface area (Å²) in [6.45, 7) is 9.04. The maximum absolute atomic E-state index is 6.27. The molecule has 100 valence electrons. The van der Waals surface area contributed by atoms with Crippen molar-refractivity contribution >= 4 is 0 Å². The van der Waals surface area contributed by atoms with Gasteiger partial charge >= 0.3 is 0 Å². The molecule has 0 aromatic heterocycles. The molecule has 2 rings (SSSR count). The summed E-state index contributed by atoms with van der Waals surface area (Å²) in [5, 5.41) is 0. The van der Waals surface area contributed by atoms with Crippen molar-refractivity contribution in [3.63, 3.8) is 0 Å². The van der Waals surface area contributed by atoms with Crippen LogP contribution in [0.15, 0.2) is 24.3 Å². The van der Waals surface area contributed by atoms with Crippen molar-refractivity contribution in [2.75, 3.05) is 13.1 Å². The van der Waals surface area contributed by atoms with Gasteiger partial charge in [-0.1, -0.05) is 31.2 Å².